The van der Waals surface area contributed by atoms with Gasteiger partial charge in [-0.25, -0.2) is 0 Å². The molecule has 0 nitrogen and oxygen atoms in total. The predicted octanol–water partition coefficient (Wildman–Crippen LogP) is 9.42. The maximum atomic E-state index is 2.35. The van der Waals surface area contributed by atoms with Gasteiger partial charge in [-0.15, -0.1) is 11.3 Å². The normalized spacial score (nSPS) is 11.9. The maximum Gasteiger partial charge on any atom is 0.0393 e. The smallest absolute Gasteiger partial charge is 0.0393 e. The fraction of sp³-hybridized carbons (Fsp3) is 0.400. The SMILES string of the molecule is Cc1c(C)c(C)c(-c2c(C)c(C)c3c(sc4c(C)c(C)c(C)c(C)c43)c2C)c(C)c1C. The Labute approximate surface area is 192 Å². The Bertz CT molecular complexity index is 1390. The second-order valence-corrected chi connectivity index (χ2v) is 10.8. The van der Waals surface area contributed by atoms with E-state index in [0.717, 1.165) is 0 Å². The molecule has 0 unspecified atom stereocenters. The molecule has 0 fully saturated rings. The van der Waals surface area contributed by atoms with E-state index in [1.54, 1.807) is 0 Å². The number of rotatable bonds is 1. The van der Waals surface area contributed by atoms with Crippen molar-refractivity contribution in [1.82, 2.24) is 0 Å². The molecule has 1 aromatic heterocycles. The second-order valence-electron chi connectivity index (χ2n) is 9.76. The Kier molecular flexibility index (Phi) is 5.13. The monoisotopic (exact) mass is 428 g/mol. The Balaban J connectivity index is 2.27. The standard InChI is InChI=1S/C30H36S/c1-13-14(2)18(6)25(19(7)15(13)3)26-21(9)22(10)28-27-20(8)16(4)17(5)23(11)29(27)31-30(28)24(26)12/h1-12H3. The van der Waals surface area contributed by atoms with Crippen LogP contribution in [0.1, 0.15) is 66.8 Å². The van der Waals surface area contributed by atoms with Crippen molar-refractivity contribution >= 4 is 31.5 Å². The molecule has 0 saturated heterocycles. The van der Waals surface area contributed by atoms with Crippen LogP contribution in [0.5, 0.6) is 0 Å². The molecule has 4 aromatic rings. The van der Waals surface area contributed by atoms with Gasteiger partial charge in [0.25, 0.3) is 0 Å². The number of aryl methyl sites for hydroxylation is 4. The molecule has 0 amide bonds. The molecule has 0 radical (unpaired) electrons. The van der Waals surface area contributed by atoms with Crippen molar-refractivity contribution in [3.05, 3.63) is 66.8 Å². The van der Waals surface area contributed by atoms with E-state index in [1.807, 2.05) is 11.3 Å². The van der Waals surface area contributed by atoms with E-state index in [9.17, 15) is 0 Å². The lowest BCUT2D eigenvalue weighted by molar-refractivity contribution is 1.17. The Morgan fingerprint density at radius 1 is 0.290 bits per heavy atom. The highest BCUT2D eigenvalue weighted by Crippen LogP contribution is 2.48. The van der Waals surface area contributed by atoms with Gasteiger partial charge in [-0.3, -0.25) is 0 Å². The molecule has 162 valence electrons. The lowest BCUT2D eigenvalue weighted by atomic mass is 9.81. The molecule has 1 heteroatoms. The number of thiophene rings is 1. The summed E-state index contributed by atoms with van der Waals surface area (Å²) >= 11 is 2.01. The van der Waals surface area contributed by atoms with E-state index in [1.165, 1.54) is 98.1 Å². The van der Waals surface area contributed by atoms with Gasteiger partial charge in [0, 0.05) is 20.2 Å². The minimum Gasteiger partial charge on any atom is -0.135 e. The number of benzene rings is 3. The third-order valence-corrected chi connectivity index (χ3v) is 10.0. The van der Waals surface area contributed by atoms with E-state index >= 15 is 0 Å². The average Bonchev–Trinajstić information content (AvgIpc) is 3.15. The van der Waals surface area contributed by atoms with Gasteiger partial charge in [0.05, 0.1) is 0 Å². The van der Waals surface area contributed by atoms with Crippen LogP contribution in [0, 0.1) is 83.1 Å². The van der Waals surface area contributed by atoms with Crippen molar-refractivity contribution in [2.45, 2.75) is 83.1 Å². The lowest BCUT2D eigenvalue weighted by Gasteiger charge is -2.23. The van der Waals surface area contributed by atoms with Crippen molar-refractivity contribution in [2.24, 2.45) is 0 Å². The molecule has 31 heavy (non-hydrogen) atoms. The summed E-state index contributed by atoms with van der Waals surface area (Å²) in [5.74, 6) is 0. The third-order valence-electron chi connectivity index (χ3n) is 8.59. The van der Waals surface area contributed by atoms with Crippen LogP contribution in [0.4, 0.5) is 0 Å². The van der Waals surface area contributed by atoms with Crippen molar-refractivity contribution in [1.29, 1.82) is 0 Å². The summed E-state index contributed by atoms with van der Waals surface area (Å²) in [4.78, 5) is 0. The Morgan fingerprint density at radius 2 is 0.581 bits per heavy atom. The van der Waals surface area contributed by atoms with Crippen LogP contribution < -0.4 is 0 Å². The Morgan fingerprint density at radius 3 is 1.10 bits per heavy atom. The summed E-state index contributed by atoms with van der Waals surface area (Å²) in [5.41, 5.74) is 20.2. The molecule has 0 aliphatic carbocycles. The van der Waals surface area contributed by atoms with Gasteiger partial charge in [-0.05, 0) is 161 Å². The summed E-state index contributed by atoms with van der Waals surface area (Å²) in [6, 6.07) is 0. The van der Waals surface area contributed by atoms with Crippen LogP contribution in [0.15, 0.2) is 0 Å². The highest BCUT2D eigenvalue weighted by molar-refractivity contribution is 7.26. The van der Waals surface area contributed by atoms with Crippen molar-refractivity contribution in [2.75, 3.05) is 0 Å². The fourth-order valence-electron chi connectivity index (χ4n) is 5.61. The average molecular weight is 429 g/mol. The van der Waals surface area contributed by atoms with Gasteiger partial charge in [0.1, 0.15) is 0 Å². The van der Waals surface area contributed by atoms with Gasteiger partial charge < -0.3 is 0 Å². The first kappa shape index (κ1) is 22.1. The topological polar surface area (TPSA) is 0 Å². The molecule has 0 atom stereocenters. The van der Waals surface area contributed by atoms with Crippen LogP contribution in [-0.2, 0) is 0 Å². The summed E-state index contributed by atoms with van der Waals surface area (Å²) in [6.07, 6.45) is 0. The van der Waals surface area contributed by atoms with E-state index in [4.69, 9.17) is 0 Å². The Hall–Kier alpha value is -2.12. The first-order valence-electron chi connectivity index (χ1n) is 11.4. The van der Waals surface area contributed by atoms with E-state index in [-0.39, 0.29) is 0 Å². The van der Waals surface area contributed by atoms with Gasteiger partial charge >= 0.3 is 0 Å². The maximum absolute atomic E-state index is 2.35. The third kappa shape index (κ3) is 2.79. The molecule has 0 aliphatic rings. The predicted molar refractivity (Wildman–Crippen MR) is 142 cm³/mol. The highest BCUT2D eigenvalue weighted by Gasteiger charge is 2.24. The molecule has 0 aliphatic heterocycles. The number of hydrogen-bond acceptors (Lipinski definition) is 1. The lowest BCUT2D eigenvalue weighted by Crippen LogP contribution is -2.03. The first-order chi connectivity index (χ1) is 14.4. The molecular formula is C30H36S. The minimum atomic E-state index is 1.43. The van der Waals surface area contributed by atoms with E-state index in [2.05, 4.69) is 83.1 Å². The van der Waals surface area contributed by atoms with Crippen LogP contribution in [-0.4, -0.2) is 0 Å². The first-order valence-corrected chi connectivity index (χ1v) is 12.2. The zero-order chi connectivity index (χ0) is 23.1. The van der Waals surface area contributed by atoms with Gasteiger partial charge in [-0.2, -0.15) is 0 Å². The molecule has 0 N–H and O–H groups in total. The number of fused-ring (bicyclic) bond motifs is 3. The molecule has 0 bridgehead atoms. The van der Waals surface area contributed by atoms with Gasteiger partial charge in [0.15, 0.2) is 0 Å². The number of hydrogen-bond donors (Lipinski definition) is 0. The van der Waals surface area contributed by atoms with Crippen molar-refractivity contribution < 1.29 is 0 Å². The minimum absolute atomic E-state index is 1.43. The highest BCUT2D eigenvalue weighted by atomic mass is 32.1. The zero-order valence-corrected chi connectivity index (χ0v) is 22.2. The summed E-state index contributed by atoms with van der Waals surface area (Å²) in [7, 11) is 0. The second kappa shape index (κ2) is 7.20. The zero-order valence-electron chi connectivity index (χ0n) is 21.4. The summed E-state index contributed by atoms with van der Waals surface area (Å²) in [6.45, 7) is 27.7. The van der Waals surface area contributed by atoms with E-state index < -0.39 is 0 Å². The quantitative estimate of drug-likeness (QED) is 0.283. The molecule has 1 heterocycles. The van der Waals surface area contributed by atoms with Crippen LogP contribution in [0.2, 0.25) is 0 Å². The molecular weight excluding hydrogens is 392 g/mol. The van der Waals surface area contributed by atoms with Crippen LogP contribution in [0.3, 0.4) is 0 Å². The fourth-order valence-corrected chi connectivity index (χ4v) is 7.09. The largest absolute Gasteiger partial charge is 0.135 e. The summed E-state index contributed by atoms with van der Waals surface area (Å²) in [5, 5.41) is 2.97. The van der Waals surface area contributed by atoms with Gasteiger partial charge in [-0.1, -0.05) is 0 Å². The molecule has 0 saturated carbocycles. The van der Waals surface area contributed by atoms with E-state index in [0.29, 0.717) is 0 Å². The van der Waals surface area contributed by atoms with Crippen LogP contribution in [0.25, 0.3) is 31.3 Å². The van der Waals surface area contributed by atoms with Crippen molar-refractivity contribution in [3.8, 4) is 11.1 Å². The molecule has 0 spiro atoms. The molecule has 3 aromatic carbocycles. The van der Waals surface area contributed by atoms with Crippen LogP contribution >= 0.6 is 11.3 Å². The summed E-state index contributed by atoms with van der Waals surface area (Å²) < 4.78 is 2.95. The molecule has 4 rings (SSSR count). The van der Waals surface area contributed by atoms with Crippen molar-refractivity contribution in [3.63, 3.8) is 0 Å². The van der Waals surface area contributed by atoms with Gasteiger partial charge in [0.2, 0.25) is 0 Å².